The number of primary amides is 1. The summed E-state index contributed by atoms with van der Waals surface area (Å²) in [5.41, 5.74) is 6.19. The van der Waals surface area contributed by atoms with Gasteiger partial charge in [0.05, 0.1) is 29.0 Å². The topological polar surface area (TPSA) is 138 Å². The molecule has 0 bridgehead atoms. The Morgan fingerprint density at radius 3 is 2.52 bits per heavy atom. The van der Waals surface area contributed by atoms with E-state index in [1.165, 1.54) is 17.4 Å². The highest BCUT2D eigenvalue weighted by Gasteiger charge is 2.12. The lowest BCUT2D eigenvalue weighted by Gasteiger charge is -2.19. The predicted molar refractivity (Wildman–Crippen MR) is 127 cm³/mol. The zero-order chi connectivity index (χ0) is 23.6. The Hall–Kier alpha value is -3.31. The van der Waals surface area contributed by atoms with Crippen molar-refractivity contribution in [3.63, 3.8) is 0 Å². The van der Waals surface area contributed by atoms with E-state index in [1.807, 2.05) is 17.0 Å². The molecule has 3 rings (SSSR count). The van der Waals surface area contributed by atoms with E-state index in [4.69, 9.17) is 20.7 Å². The monoisotopic (exact) mass is 470 g/mol. The average Bonchev–Trinajstić information content (AvgIpc) is 3.25. The normalized spacial score (nSPS) is 11.4. The van der Waals surface area contributed by atoms with Crippen LogP contribution in [0.1, 0.15) is 15.2 Å². The van der Waals surface area contributed by atoms with Crippen molar-refractivity contribution in [3.05, 3.63) is 59.2 Å². The summed E-state index contributed by atoms with van der Waals surface area (Å²) in [4.78, 5) is 29.9. The van der Waals surface area contributed by atoms with Gasteiger partial charge >= 0.3 is 0 Å². The van der Waals surface area contributed by atoms with Crippen molar-refractivity contribution < 1.29 is 24.5 Å². The number of aliphatic hydroxyl groups excluding tert-OH is 2. The van der Waals surface area contributed by atoms with Crippen LogP contribution in [0.2, 0.25) is 0 Å². The Morgan fingerprint density at radius 1 is 1.12 bits per heavy atom. The zero-order valence-electron chi connectivity index (χ0n) is 17.9. The summed E-state index contributed by atoms with van der Waals surface area (Å²) in [5, 5.41) is 21.5. The number of carbonyl (C=O) groups excluding carboxylic acids is 2. The van der Waals surface area contributed by atoms with E-state index in [1.54, 1.807) is 36.7 Å². The molecule has 9 nitrogen and oxygen atoms in total. The summed E-state index contributed by atoms with van der Waals surface area (Å²) < 4.78 is 6.74. The van der Waals surface area contributed by atoms with Gasteiger partial charge in [-0.05, 0) is 29.8 Å². The van der Waals surface area contributed by atoms with Crippen molar-refractivity contribution in [3.8, 4) is 11.5 Å². The molecule has 0 unspecified atom stereocenters. The van der Waals surface area contributed by atoms with E-state index >= 15 is 0 Å². The molecular formula is C23H26N4O5S. The first-order valence-corrected chi connectivity index (χ1v) is 11.2. The fourth-order valence-corrected chi connectivity index (χ4v) is 4.00. The van der Waals surface area contributed by atoms with Gasteiger partial charge in [-0.2, -0.15) is 0 Å². The number of hydrogen-bond acceptors (Lipinski definition) is 8. The number of nitrogens with two attached hydrogens (primary N) is 1. The maximum absolute atomic E-state index is 12.0. The fourth-order valence-electron chi connectivity index (χ4n) is 3.10. The first-order chi connectivity index (χ1) is 16.0. The molecule has 0 spiro atoms. The second kappa shape index (κ2) is 12.1. The molecule has 1 aromatic carbocycles. The summed E-state index contributed by atoms with van der Waals surface area (Å²) in [7, 11) is 0. The van der Waals surface area contributed by atoms with Gasteiger partial charge in [-0.3, -0.25) is 19.5 Å². The molecule has 0 saturated carbocycles. The summed E-state index contributed by atoms with van der Waals surface area (Å²) in [6.45, 7) is 1.85. The molecule has 0 aliphatic rings. The maximum Gasteiger partial charge on any atom is 0.258 e. The van der Waals surface area contributed by atoms with Crippen molar-refractivity contribution in [2.75, 3.05) is 39.4 Å². The Kier molecular flexibility index (Phi) is 8.90. The van der Waals surface area contributed by atoms with Crippen LogP contribution < -0.4 is 15.8 Å². The number of aromatic nitrogens is 1. The lowest BCUT2D eigenvalue weighted by molar-refractivity contribution is -0.116. The Balaban J connectivity index is 1.55. The number of benzene rings is 1. The summed E-state index contributed by atoms with van der Waals surface area (Å²) >= 11 is 1.26. The Morgan fingerprint density at radius 2 is 1.85 bits per heavy atom. The van der Waals surface area contributed by atoms with Crippen LogP contribution in [0.3, 0.4) is 0 Å². The average molecular weight is 471 g/mol. The Bertz CT molecular complexity index is 1110. The van der Waals surface area contributed by atoms with E-state index in [-0.39, 0.29) is 19.1 Å². The van der Waals surface area contributed by atoms with Gasteiger partial charge < -0.3 is 26.0 Å². The number of fused-ring (bicyclic) bond motifs is 1. The minimum atomic E-state index is -0.491. The fraction of sp³-hybridized carbons (Fsp3) is 0.261. The van der Waals surface area contributed by atoms with Crippen molar-refractivity contribution in [2.45, 2.75) is 0 Å². The molecule has 0 saturated heterocycles. The molecule has 33 heavy (non-hydrogen) atoms. The second-order valence-electron chi connectivity index (χ2n) is 7.11. The van der Waals surface area contributed by atoms with Crippen molar-refractivity contribution in [1.82, 2.24) is 15.2 Å². The number of hydrogen-bond donors (Lipinski definition) is 4. The zero-order valence-corrected chi connectivity index (χ0v) is 18.8. The minimum absolute atomic E-state index is 0.000886. The van der Waals surface area contributed by atoms with Crippen LogP contribution in [0.4, 0.5) is 0 Å². The van der Waals surface area contributed by atoms with Crippen LogP contribution in [-0.4, -0.2) is 71.3 Å². The largest absolute Gasteiger partial charge is 0.455 e. The van der Waals surface area contributed by atoms with Crippen LogP contribution in [0, 0.1) is 0 Å². The van der Waals surface area contributed by atoms with E-state index < -0.39 is 5.91 Å². The van der Waals surface area contributed by atoms with Gasteiger partial charge in [0.25, 0.3) is 5.91 Å². The Labute approximate surface area is 195 Å². The molecule has 3 aromatic rings. The van der Waals surface area contributed by atoms with Crippen LogP contribution in [-0.2, 0) is 4.79 Å². The first kappa shape index (κ1) is 24.3. The number of rotatable bonds is 12. The van der Waals surface area contributed by atoms with Gasteiger partial charge in [-0.25, -0.2) is 0 Å². The summed E-state index contributed by atoms with van der Waals surface area (Å²) in [5.74, 6) is 0.389. The molecular weight excluding hydrogens is 444 g/mol. The van der Waals surface area contributed by atoms with Gasteiger partial charge in [0.1, 0.15) is 5.75 Å². The molecule has 0 aliphatic heterocycles. The number of nitrogens with one attached hydrogen (secondary N) is 1. The highest BCUT2D eigenvalue weighted by atomic mass is 32.1. The van der Waals surface area contributed by atoms with Gasteiger partial charge in [0.15, 0.2) is 5.75 Å². The second-order valence-corrected chi connectivity index (χ2v) is 8.19. The summed E-state index contributed by atoms with van der Waals surface area (Å²) in [6, 6.07) is 8.89. The standard InChI is InChI=1S/C23H26N4O5S/c24-23(31)20-13-18-19(14-25-15-21(18)33-20)32-17-4-1-16(2-5-17)3-6-22(30)26-7-8-27(9-11-28)10-12-29/h1-6,13-15,28-29H,7-12H2,(H2,24,31)(H,26,30)/b6-3+. The third-order valence-corrected chi connectivity index (χ3v) is 5.83. The van der Waals surface area contributed by atoms with Gasteiger partial charge in [0, 0.05) is 43.8 Å². The minimum Gasteiger partial charge on any atom is -0.455 e. The number of aliphatic hydroxyl groups is 2. The molecule has 10 heteroatoms. The van der Waals surface area contributed by atoms with Gasteiger partial charge in [0.2, 0.25) is 5.91 Å². The third-order valence-electron chi connectivity index (χ3n) is 4.75. The molecule has 0 aliphatic carbocycles. The van der Waals surface area contributed by atoms with Crippen LogP contribution in [0.25, 0.3) is 16.2 Å². The molecule has 0 atom stereocenters. The smallest absolute Gasteiger partial charge is 0.258 e. The molecule has 0 fully saturated rings. The number of thiophene rings is 1. The molecule has 0 radical (unpaired) electrons. The first-order valence-electron chi connectivity index (χ1n) is 10.4. The molecule has 2 heterocycles. The van der Waals surface area contributed by atoms with Gasteiger partial charge in [-0.1, -0.05) is 12.1 Å². The highest BCUT2D eigenvalue weighted by Crippen LogP contribution is 2.34. The highest BCUT2D eigenvalue weighted by molar-refractivity contribution is 7.20. The van der Waals surface area contributed by atoms with Crippen molar-refractivity contribution in [2.24, 2.45) is 5.73 Å². The quantitative estimate of drug-likeness (QED) is 0.295. The van der Waals surface area contributed by atoms with E-state index in [2.05, 4.69) is 10.3 Å². The molecule has 5 N–H and O–H groups in total. The van der Waals surface area contributed by atoms with Crippen LogP contribution in [0.5, 0.6) is 11.5 Å². The van der Waals surface area contributed by atoms with Crippen LogP contribution in [0.15, 0.2) is 48.8 Å². The number of pyridine rings is 1. The SMILES string of the molecule is NC(=O)c1cc2c(Oc3ccc(/C=C/C(=O)NCCN(CCO)CCO)cc3)cncc2s1. The van der Waals surface area contributed by atoms with E-state index in [0.29, 0.717) is 42.6 Å². The maximum atomic E-state index is 12.0. The lowest BCUT2D eigenvalue weighted by atomic mass is 10.2. The van der Waals surface area contributed by atoms with Gasteiger partial charge in [-0.15, -0.1) is 11.3 Å². The third kappa shape index (κ3) is 7.09. The lowest BCUT2D eigenvalue weighted by Crippen LogP contribution is -2.37. The number of ether oxygens (including phenoxy) is 1. The molecule has 2 amide bonds. The van der Waals surface area contributed by atoms with Crippen molar-refractivity contribution in [1.29, 1.82) is 0 Å². The van der Waals surface area contributed by atoms with Crippen LogP contribution >= 0.6 is 11.3 Å². The number of amides is 2. The van der Waals surface area contributed by atoms with E-state index in [0.717, 1.165) is 15.6 Å². The predicted octanol–water partition coefficient (Wildman–Crippen LogP) is 1.60. The van der Waals surface area contributed by atoms with E-state index in [9.17, 15) is 9.59 Å². The summed E-state index contributed by atoms with van der Waals surface area (Å²) in [6.07, 6.45) is 6.38. The number of carbonyl (C=O) groups is 2. The number of nitrogens with zero attached hydrogens (tertiary/aromatic N) is 2. The van der Waals surface area contributed by atoms with Crippen molar-refractivity contribution >= 4 is 39.3 Å². The molecule has 2 aromatic heterocycles. The molecule has 174 valence electrons.